The number of piperidine rings is 1. The molecule has 116 valence electrons. The lowest BCUT2D eigenvalue weighted by molar-refractivity contribution is -0.119. The molecule has 1 fully saturated rings. The first kappa shape index (κ1) is 15.8. The van der Waals surface area contributed by atoms with Crippen LogP contribution in [-0.2, 0) is 4.79 Å². The molecule has 1 unspecified atom stereocenters. The maximum Gasteiger partial charge on any atom is 0.217 e. The maximum atomic E-state index is 11.1. The van der Waals surface area contributed by atoms with Gasteiger partial charge in [-0.05, 0) is 44.0 Å². The van der Waals surface area contributed by atoms with E-state index in [-0.39, 0.29) is 5.91 Å². The molecular formula is C17H27N3O. The molecule has 4 nitrogen and oxygen atoms in total. The van der Waals surface area contributed by atoms with Crippen molar-refractivity contribution in [3.05, 3.63) is 29.8 Å². The fourth-order valence-electron chi connectivity index (χ4n) is 2.97. The summed E-state index contributed by atoms with van der Waals surface area (Å²) in [5.74, 6) is 0.0789. The summed E-state index contributed by atoms with van der Waals surface area (Å²) >= 11 is 0. The Labute approximate surface area is 127 Å². The Kier molecular flexibility index (Phi) is 5.62. The maximum absolute atomic E-state index is 11.1. The highest BCUT2D eigenvalue weighted by Gasteiger charge is 2.19. The Morgan fingerprint density at radius 1 is 1.29 bits per heavy atom. The number of amides is 1. The number of carbonyl (C=O) groups is 1. The molecule has 1 atom stereocenters. The second kappa shape index (κ2) is 7.46. The molecule has 0 saturated carbocycles. The van der Waals surface area contributed by atoms with Crippen molar-refractivity contribution < 1.29 is 4.79 Å². The Hall–Kier alpha value is -1.55. The number of benzene rings is 1. The van der Waals surface area contributed by atoms with Gasteiger partial charge in [0.15, 0.2) is 0 Å². The molecule has 0 aromatic heterocycles. The average molecular weight is 289 g/mol. The first-order valence-electron chi connectivity index (χ1n) is 7.95. The van der Waals surface area contributed by atoms with E-state index >= 15 is 0 Å². The van der Waals surface area contributed by atoms with E-state index in [9.17, 15) is 4.79 Å². The molecule has 1 heterocycles. The highest BCUT2D eigenvalue weighted by molar-refractivity contribution is 5.73. The molecule has 0 spiro atoms. The van der Waals surface area contributed by atoms with Crippen LogP contribution in [0.5, 0.6) is 0 Å². The predicted molar refractivity (Wildman–Crippen MR) is 87.6 cm³/mol. The Bertz CT molecular complexity index is 450. The Morgan fingerprint density at radius 2 is 1.90 bits per heavy atom. The Morgan fingerprint density at radius 3 is 2.43 bits per heavy atom. The van der Waals surface area contributed by atoms with Crippen LogP contribution in [0.4, 0.5) is 5.69 Å². The summed E-state index contributed by atoms with van der Waals surface area (Å²) in [7, 11) is 0. The quantitative estimate of drug-likeness (QED) is 0.875. The third-order valence-electron chi connectivity index (χ3n) is 4.17. The topological polar surface area (TPSA) is 44.4 Å². The van der Waals surface area contributed by atoms with E-state index < -0.39 is 0 Å². The lowest BCUT2D eigenvalue weighted by Gasteiger charge is -2.34. The third kappa shape index (κ3) is 4.46. The van der Waals surface area contributed by atoms with Crippen molar-refractivity contribution in [2.24, 2.45) is 0 Å². The summed E-state index contributed by atoms with van der Waals surface area (Å²) in [5.41, 5.74) is 2.61. The number of nitrogens with one attached hydrogen (secondary N) is 2. The van der Waals surface area contributed by atoms with Crippen molar-refractivity contribution in [1.82, 2.24) is 10.6 Å². The van der Waals surface area contributed by atoms with Gasteiger partial charge in [0, 0.05) is 37.8 Å². The van der Waals surface area contributed by atoms with E-state index in [2.05, 4.69) is 53.6 Å². The predicted octanol–water partition coefficient (Wildman–Crippen LogP) is 2.46. The molecule has 2 N–H and O–H groups in total. The second-order valence-electron chi connectivity index (χ2n) is 5.83. The zero-order valence-electron chi connectivity index (χ0n) is 13.4. The minimum atomic E-state index is 0.0789. The van der Waals surface area contributed by atoms with Gasteiger partial charge in [0.05, 0.1) is 0 Å². The molecule has 0 aliphatic carbocycles. The summed E-state index contributed by atoms with van der Waals surface area (Å²) in [6.45, 7) is 8.91. The van der Waals surface area contributed by atoms with Gasteiger partial charge in [-0.3, -0.25) is 4.79 Å². The van der Waals surface area contributed by atoms with Crippen molar-refractivity contribution in [2.75, 3.05) is 24.5 Å². The fraction of sp³-hybridized carbons (Fsp3) is 0.588. The van der Waals surface area contributed by atoms with E-state index in [0.717, 1.165) is 32.5 Å². The summed E-state index contributed by atoms with van der Waals surface area (Å²) in [6, 6.07) is 9.58. The molecule has 1 aliphatic rings. The van der Waals surface area contributed by atoms with E-state index in [1.54, 1.807) is 6.92 Å². The molecule has 1 amide bonds. The number of hydrogen-bond acceptors (Lipinski definition) is 3. The fourth-order valence-corrected chi connectivity index (χ4v) is 2.97. The SMILES string of the molecule is CCNC(C)c1ccc(N2CCC(NC(C)=O)CC2)cc1. The van der Waals surface area contributed by atoms with Gasteiger partial charge >= 0.3 is 0 Å². The monoisotopic (exact) mass is 289 g/mol. The lowest BCUT2D eigenvalue weighted by Crippen LogP contribution is -2.44. The minimum absolute atomic E-state index is 0.0789. The smallest absolute Gasteiger partial charge is 0.217 e. The number of carbonyl (C=O) groups excluding carboxylic acids is 1. The van der Waals surface area contributed by atoms with Crippen LogP contribution in [0.3, 0.4) is 0 Å². The Balaban J connectivity index is 1.90. The summed E-state index contributed by atoms with van der Waals surface area (Å²) in [5, 5.41) is 6.45. The first-order chi connectivity index (χ1) is 10.1. The average Bonchev–Trinajstić information content (AvgIpc) is 2.48. The molecule has 0 radical (unpaired) electrons. The molecule has 1 aliphatic heterocycles. The van der Waals surface area contributed by atoms with Crippen LogP contribution in [0.15, 0.2) is 24.3 Å². The second-order valence-corrected chi connectivity index (χ2v) is 5.83. The van der Waals surface area contributed by atoms with Crippen molar-refractivity contribution in [2.45, 2.75) is 45.7 Å². The van der Waals surface area contributed by atoms with Crippen LogP contribution in [0, 0.1) is 0 Å². The van der Waals surface area contributed by atoms with Crippen LogP contribution in [-0.4, -0.2) is 31.6 Å². The molecule has 1 saturated heterocycles. The van der Waals surface area contributed by atoms with E-state index in [0.29, 0.717) is 12.1 Å². The van der Waals surface area contributed by atoms with Crippen LogP contribution in [0.2, 0.25) is 0 Å². The molecule has 1 aromatic carbocycles. The van der Waals surface area contributed by atoms with Crippen LogP contribution >= 0.6 is 0 Å². The van der Waals surface area contributed by atoms with E-state index in [1.807, 2.05) is 0 Å². The zero-order chi connectivity index (χ0) is 15.2. The van der Waals surface area contributed by atoms with Crippen LogP contribution in [0.25, 0.3) is 0 Å². The standard InChI is InChI=1S/C17H27N3O/c1-4-18-13(2)15-5-7-17(8-6-15)20-11-9-16(10-12-20)19-14(3)21/h5-8,13,16,18H,4,9-12H2,1-3H3,(H,19,21). The molecule has 4 heteroatoms. The lowest BCUT2D eigenvalue weighted by atomic mass is 10.0. The van der Waals surface area contributed by atoms with Gasteiger partial charge in [0.2, 0.25) is 5.91 Å². The van der Waals surface area contributed by atoms with Gasteiger partial charge in [0.25, 0.3) is 0 Å². The van der Waals surface area contributed by atoms with Crippen molar-refractivity contribution in [3.63, 3.8) is 0 Å². The van der Waals surface area contributed by atoms with E-state index in [1.165, 1.54) is 11.3 Å². The van der Waals surface area contributed by atoms with Crippen LogP contribution in [0.1, 0.15) is 45.2 Å². The summed E-state index contributed by atoms with van der Waals surface area (Å²) in [4.78, 5) is 13.5. The molecule has 21 heavy (non-hydrogen) atoms. The van der Waals surface area contributed by atoms with Gasteiger partial charge < -0.3 is 15.5 Å². The third-order valence-corrected chi connectivity index (χ3v) is 4.17. The number of hydrogen-bond donors (Lipinski definition) is 2. The number of anilines is 1. The molecule has 0 bridgehead atoms. The highest BCUT2D eigenvalue weighted by Crippen LogP contribution is 2.22. The largest absolute Gasteiger partial charge is 0.371 e. The normalized spacial score (nSPS) is 17.6. The van der Waals surface area contributed by atoms with E-state index in [4.69, 9.17) is 0 Å². The van der Waals surface area contributed by atoms with Gasteiger partial charge in [-0.15, -0.1) is 0 Å². The first-order valence-corrected chi connectivity index (χ1v) is 7.95. The molecule has 1 aromatic rings. The van der Waals surface area contributed by atoms with Gasteiger partial charge in [-0.2, -0.15) is 0 Å². The van der Waals surface area contributed by atoms with Gasteiger partial charge in [0.1, 0.15) is 0 Å². The molecule has 2 rings (SSSR count). The van der Waals surface area contributed by atoms with Crippen LogP contribution < -0.4 is 15.5 Å². The number of nitrogens with zero attached hydrogens (tertiary/aromatic N) is 1. The highest BCUT2D eigenvalue weighted by atomic mass is 16.1. The summed E-state index contributed by atoms with van der Waals surface area (Å²) in [6.07, 6.45) is 2.05. The minimum Gasteiger partial charge on any atom is -0.371 e. The van der Waals surface area contributed by atoms with Crippen molar-refractivity contribution >= 4 is 11.6 Å². The summed E-state index contributed by atoms with van der Waals surface area (Å²) < 4.78 is 0. The zero-order valence-corrected chi connectivity index (χ0v) is 13.4. The van der Waals surface area contributed by atoms with Gasteiger partial charge in [-0.1, -0.05) is 19.1 Å². The van der Waals surface area contributed by atoms with Gasteiger partial charge in [-0.25, -0.2) is 0 Å². The number of rotatable bonds is 5. The van der Waals surface area contributed by atoms with Crippen molar-refractivity contribution in [1.29, 1.82) is 0 Å². The molecular weight excluding hydrogens is 262 g/mol. The van der Waals surface area contributed by atoms with Crippen molar-refractivity contribution in [3.8, 4) is 0 Å².